The molecule has 1 saturated carbocycles. The lowest BCUT2D eigenvalue weighted by molar-refractivity contribution is 0.333. The van der Waals surface area contributed by atoms with Gasteiger partial charge in [0.1, 0.15) is 5.75 Å². The van der Waals surface area contributed by atoms with Gasteiger partial charge >= 0.3 is 0 Å². The molecule has 0 radical (unpaired) electrons. The highest BCUT2D eigenvalue weighted by Gasteiger charge is 2.33. The molecule has 1 aromatic carbocycles. The molecule has 1 heterocycles. The Morgan fingerprint density at radius 3 is 2.89 bits per heavy atom. The van der Waals surface area contributed by atoms with E-state index in [1.165, 1.54) is 18.4 Å². The van der Waals surface area contributed by atoms with Crippen molar-refractivity contribution in [1.82, 2.24) is 4.90 Å². The molecule has 1 fully saturated rings. The van der Waals surface area contributed by atoms with Gasteiger partial charge in [-0.05, 0) is 52.4 Å². The molecule has 1 aliphatic heterocycles. The second-order valence-corrected chi connectivity index (χ2v) is 6.06. The maximum atomic E-state index is 6.02. The van der Waals surface area contributed by atoms with Crippen LogP contribution in [-0.4, -0.2) is 31.1 Å². The lowest BCUT2D eigenvalue weighted by Gasteiger charge is -2.26. The van der Waals surface area contributed by atoms with Crippen molar-refractivity contribution in [3.63, 3.8) is 0 Å². The Morgan fingerprint density at radius 1 is 1.47 bits per heavy atom. The zero-order valence-electron chi connectivity index (χ0n) is 11.0. The predicted octanol–water partition coefficient (Wildman–Crippen LogP) is 2.54. The molecule has 1 atom stereocenters. The Kier molecular flexibility index (Phi) is 3.39. The number of guanidine groups is 1. The molecule has 0 saturated heterocycles. The van der Waals surface area contributed by atoms with Crippen molar-refractivity contribution in [2.24, 2.45) is 16.6 Å². The van der Waals surface area contributed by atoms with E-state index in [0.717, 1.165) is 29.2 Å². The summed E-state index contributed by atoms with van der Waals surface area (Å²) in [7, 11) is 1.68. The van der Waals surface area contributed by atoms with Crippen molar-refractivity contribution in [3.8, 4) is 5.75 Å². The summed E-state index contributed by atoms with van der Waals surface area (Å²) in [5, 5.41) is 0. The van der Waals surface area contributed by atoms with Gasteiger partial charge in [0.15, 0.2) is 5.96 Å². The summed E-state index contributed by atoms with van der Waals surface area (Å²) in [5.41, 5.74) is 7.25. The number of hydrogen-bond acceptors (Lipinski definition) is 4. The van der Waals surface area contributed by atoms with E-state index in [1.807, 2.05) is 6.07 Å². The third-order valence-electron chi connectivity index (χ3n) is 3.81. The van der Waals surface area contributed by atoms with Crippen LogP contribution in [0.2, 0.25) is 0 Å². The number of benzene rings is 1. The molecule has 5 heteroatoms. The molecular formula is C14H18BrN3O. The van der Waals surface area contributed by atoms with Crippen LogP contribution in [0.5, 0.6) is 5.75 Å². The predicted molar refractivity (Wildman–Crippen MR) is 79.4 cm³/mol. The molecule has 0 spiro atoms. The van der Waals surface area contributed by atoms with Crippen LogP contribution in [0.15, 0.2) is 27.7 Å². The maximum Gasteiger partial charge on any atom is 0.191 e. The summed E-state index contributed by atoms with van der Waals surface area (Å²) < 4.78 is 6.25. The van der Waals surface area contributed by atoms with Crippen LogP contribution in [0.1, 0.15) is 24.4 Å². The van der Waals surface area contributed by atoms with Crippen LogP contribution >= 0.6 is 15.9 Å². The van der Waals surface area contributed by atoms with Crippen LogP contribution in [0.4, 0.5) is 0 Å². The summed E-state index contributed by atoms with van der Waals surface area (Å²) in [6.45, 7) is 1.78. The largest absolute Gasteiger partial charge is 0.496 e. The van der Waals surface area contributed by atoms with Gasteiger partial charge in [0.05, 0.1) is 24.2 Å². The highest BCUT2D eigenvalue weighted by Crippen LogP contribution is 2.36. The van der Waals surface area contributed by atoms with Gasteiger partial charge in [-0.2, -0.15) is 0 Å². The number of nitrogens with zero attached hydrogens (tertiary/aromatic N) is 2. The van der Waals surface area contributed by atoms with Crippen LogP contribution in [0.3, 0.4) is 0 Å². The van der Waals surface area contributed by atoms with E-state index in [9.17, 15) is 0 Å². The maximum absolute atomic E-state index is 6.02. The first-order chi connectivity index (χ1) is 9.19. The normalized spacial score (nSPS) is 22.5. The fourth-order valence-corrected chi connectivity index (χ4v) is 3.06. The monoisotopic (exact) mass is 323 g/mol. The lowest BCUT2D eigenvalue weighted by Crippen LogP contribution is -2.37. The lowest BCUT2D eigenvalue weighted by atomic mass is 10.1. The smallest absolute Gasteiger partial charge is 0.191 e. The second kappa shape index (κ2) is 5.04. The Labute approximate surface area is 121 Å². The van der Waals surface area contributed by atoms with Crippen molar-refractivity contribution < 1.29 is 4.74 Å². The van der Waals surface area contributed by atoms with Gasteiger partial charge in [-0.25, -0.2) is 0 Å². The van der Waals surface area contributed by atoms with Crippen molar-refractivity contribution in [2.45, 2.75) is 18.9 Å². The first kappa shape index (κ1) is 12.8. The molecule has 1 aliphatic carbocycles. The first-order valence-electron chi connectivity index (χ1n) is 6.59. The Morgan fingerprint density at radius 2 is 2.26 bits per heavy atom. The van der Waals surface area contributed by atoms with Crippen LogP contribution < -0.4 is 10.5 Å². The van der Waals surface area contributed by atoms with Gasteiger partial charge in [0.2, 0.25) is 0 Å². The number of methoxy groups -OCH3 is 1. The zero-order chi connectivity index (χ0) is 13.4. The van der Waals surface area contributed by atoms with Crippen LogP contribution in [0.25, 0.3) is 0 Å². The molecule has 1 unspecified atom stereocenters. The van der Waals surface area contributed by atoms with E-state index in [2.05, 4.69) is 38.0 Å². The quantitative estimate of drug-likeness (QED) is 0.926. The van der Waals surface area contributed by atoms with Gasteiger partial charge in [-0.1, -0.05) is 6.07 Å². The number of hydrogen-bond donors (Lipinski definition) is 1. The van der Waals surface area contributed by atoms with E-state index >= 15 is 0 Å². The van der Waals surface area contributed by atoms with Crippen LogP contribution in [-0.2, 0) is 0 Å². The molecule has 19 heavy (non-hydrogen) atoms. The third kappa shape index (κ3) is 2.56. The van der Waals surface area contributed by atoms with Gasteiger partial charge in [0, 0.05) is 6.54 Å². The average molecular weight is 324 g/mol. The third-order valence-corrected chi connectivity index (χ3v) is 4.43. The number of nitrogens with two attached hydrogens (primary N) is 1. The summed E-state index contributed by atoms with van der Waals surface area (Å²) in [5.74, 6) is 2.34. The molecule has 0 aromatic heterocycles. The second-order valence-electron chi connectivity index (χ2n) is 5.20. The van der Waals surface area contributed by atoms with Gasteiger partial charge < -0.3 is 15.4 Å². The fourth-order valence-electron chi connectivity index (χ4n) is 2.50. The fraction of sp³-hybridized carbons (Fsp3) is 0.500. The molecule has 4 nitrogen and oxygen atoms in total. The minimum atomic E-state index is 0.266. The molecule has 2 aliphatic rings. The number of rotatable bonds is 4. The van der Waals surface area contributed by atoms with E-state index in [4.69, 9.17) is 10.5 Å². The SMILES string of the molecule is COc1ccc(C2CN=C(N)N2CC2CC2)cc1Br. The average Bonchev–Trinajstić information content (AvgIpc) is 3.14. The topological polar surface area (TPSA) is 50.9 Å². The molecule has 1 aromatic rings. The molecule has 2 N–H and O–H groups in total. The summed E-state index contributed by atoms with van der Waals surface area (Å²) in [4.78, 5) is 6.64. The first-order valence-corrected chi connectivity index (χ1v) is 7.38. The molecule has 102 valence electrons. The van der Waals surface area contributed by atoms with Crippen molar-refractivity contribution in [1.29, 1.82) is 0 Å². The van der Waals surface area contributed by atoms with E-state index in [1.54, 1.807) is 7.11 Å². The Hall–Kier alpha value is -1.23. The van der Waals surface area contributed by atoms with E-state index < -0.39 is 0 Å². The number of ether oxygens (including phenoxy) is 1. The van der Waals surface area contributed by atoms with Crippen LogP contribution in [0, 0.1) is 5.92 Å². The standard InChI is InChI=1S/C14H18BrN3O/c1-19-13-5-4-10(6-11(13)15)12-7-17-14(16)18(12)8-9-2-3-9/h4-6,9,12H,2-3,7-8H2,1H3,(H2,16,17). The molecule has 0 bridgehead atoms. The molecular weight excluding hydrogens is 306 g/mol. The Bertz CT molecular complexity index is 513. The highest BCUT2D eigenvalue weighted by molar-refractivity contribution is 9.10. The summed E-state index contributed by atoms with van der Waals surface area (Å²) >= 11 is 3.54. The van der Waals surface area contributed by atoms with E-state index in [0.29, 0.717) is 5.96 Å². The van der Waals surface area contributed by atoms with E-state index in [-0.39, 0.29) is 6.04 Å². The Balaban J connectivity index is 1.82. The summed E-state index contributed by atoms with van der Waals surface area (Å²) in [6, 6.07) is 6.46. The minimum absolute atomic E-state index is 0.266. The number of aliphatic imine (C=N–C) groups is 1. The van der Waals surface area contributed by atoms with Crippen molar-refractivity contribution in [2.75, 3.05) is 20.2 Å². The van der Waals surface area contributed by atoms with Gasteiger partial charge in [-0.3, -0.25) is 4.99 Å². The van der Waals surface area contributed by atoms with Gasteiger partial charge in [0.25, 0.3) is 0 Å². The summed E-state index contributed by atoms with van der Waals surface area (Å²) in [6.07, 6.45) is 2.64. The van der Waals surface area contributed by atoms with Crippen molar-refractivity contribution in [3.05, 3.63) is 28.2 Å². The van der Waals surface area contributed by atoms with Gasteiger partial charge in [-0.15, -0.1) is 0 Å². The zero-order valence-corrected chi connectivity index (χ0v) is 12.6. The molecule has 3 rings (SSSR count). The highest BCUT2D eigenvalue weighted by atomic mass is 79.9. The van der Waals surface area contributed by atoms with Crippen molar-refractivity contribution >= 4 is 21.9 Å². The minimum Gasteiger partial charge on any atom is -0.496 e. The molecule has 0 amide bonds. The number of halogens is 1.